The van der Waals surface area contributed by atoms with Crippen LogP contribution in [0.25, 0.3) is 0 Å². The Morgan fingerprint density at radius 3 is 2.27 bits per heavy atom. The lowest BCUT2D eigenvalue weighted by molar-refractivity contribution is 0.252. The summed E-state index contributed by atoms with van der Waals surface area (Å²) in [7, 11) is 0. The zero-order chi connectivity index (χ0) is 11.4. The Morgan fingerprint density at radius 2 is 1.87 bits per heavy atom. The molecule has 0 saturated carbocycles. The van der Waals surface area contributed by atoms with Crippen LogP contribution in [0.2, 0.25) is 0 Å². The Hall–Kier alpha value is -1.09. The van der Waals surface area contributed by atoms with Gasteiger partial charge in [0.25, 0.3) is 0 Å². The Labute approximate surface area is 90.4 Å². The molecule has 3 heteroatoms. The maximum absolute atomic E-state index is 11.3. The maximum atomic E-state index is 11.3. The van der Waals surface area contributed by atoms with Crippen molar-refractivity contribution in [2.45, 2.75) is 39.7 Å². The van der Waals surface area contributed by atoms with Gasteiger partial charge in [0.1, 0.15) is 0 Å². The molecule has 84 valence electrons. The highest BCUT2D eigenvalue weighted by Gasteiger charge is 2.11. The summed E-state index contributed by atoms with van der Waals surface area (Å²) in [6.07, 6.45) is 1.70. The summed E-state index contributed by atoms with van der Waals surface area (Å²) < 4.78 is 2.14. The van der Waals surface area contributed by atoms with E-state index in [1.54, 1.807) is 12.1 Å². The fourth-order valence-electron chi connectivity index (χ4n) is 2.11. The summed E-state index contributed by atoms with van der Waals surface area (Å²) in [5, 5.41) is 8.99. The van der Waals surface area contributed by atoms with Crippen LogP contribution < -0.4 is 5.43 Å². The van der Waals surface area contributed by atoms with Crippen LogP contribution in [0.5, 0.6) is 0 Å². The van der Waals surface area contributed by atoms with Crippen molar-refractivity contribution in [3.8, 4) is 0 Å². The van der Waals surface area contributed by atoms with Crippen molar-refractivity contribution < 1.29 is 5.11 Å². The SMILES string of the molecule is CCC(CCO)n1c(C)cc(=O)cc1C. The average Bonchev–Trinajstić information content (AvgIpc) is 2.14. The number of aliphatic hydroxyl groups excluding tert-OH is 1. The first-order valence-electron chi connectivity index (χ1n) is 5.40. The third-order valence-electron chi connectivity index (χ3n) is 2.76. The summed E-state index contributed by atoms with van der Waals surface area (Å²) in [6.45, 7) is 6.16. The van der Waals surface area contributed by atoms with Gasteiger partial charge in [0, 0.05) is 36.2 Å². The topological polar surface area (TPSA) is 42.2 Å². The van der Waals surface area contributed by atoms with Crippen molar-refractivity contribution in [3.63, 3.8) is 0 Å². The summed E-state index contributed by atoms with van der Waals surface area (Å²) in [5.41, 5.74) is 2.00. The van der Waals surface area contributed by atoms with Gasteiger partial charge in [0.05, 0.1) is 0 Å². The van der Waals surface area contributed by atoms with Crippen LogP contribution in [-0.2, 0) is 0 Å². The Bertz CT molecular complexity index is 355. The van der Waals surface area contributed by atoms with Crippen LogP contribution >= 0.6 is 0 Å². The smallest absolute Gasteiger partial charge is 0.182 e. The minimum absolute atomic E-state index is 0.0556. The van der Waals surface area contributed by atoms with Gasteiger partial charge in [0.15, 0.2) is 5.43 Å². The fourth-order valence-corrected chi connectivity index (χ4v) is 2.11. The molecule has 1 N–H and O–H groups in total. The summed E-state index contributed by atoms with van der Waals surface area (Å²) in [6, 6.07) is 3.58. The summed E-state index contributed by atoms with van der Waals surface area (Å²) in [4.78, 5) is 11.3. The van der Waals surface area contributed by atoms with E-state index in [1.807, 2.05) is 13.8 Å². The largest absolute Gasteiger partial charge is 0.396 e. The van der Waals surface area contributed by atoms with Gasteiger partial charge in [-0.05, 0) is 26.7 Å². The molecular formula is C12H19NO2. The van der Waals surface area contributed by atoms with E-state index in [-0.39, 0.29) is 18.1 Å². The molecule has 0 spiro atoms. The summed E-state index contributed by atoms with van der Waals surface area (Å²) >= 11 is 0. The van der Waals surface area contributed by atoms with Gasteiger partial charge in [-0.15, -0.1) is 0 Å². The number of hydrogen-bond acceptors (Lipinski definition) is 2. The van der Waals surface area contributed by atoms with Crippen LogP contribution in [0.15, 0.2) is 16.9 Å². The van der Waals surface area contributed by atoms with Crippen molar-refractivity contribution in [2.24, 2.45) is 0 Å². The van der Waals surface area contributed by atoms with Gasteiger partial charge >= 0.3 is 0 Å². The van der Waals surface area contributed by atoms with E-state index >= 15 is 0 Å². The van der Waals surface area contributed by atoms with E-state index < -0.39 is 0 Å². The Morgan fingerprint density at radius 1 is 1.33 bits per heavy atom. The van der Waals surface area contributed by atoms with Gasteiger partial charge in [0.2, 0.25) is 0 Å². The zero-order valence-electron chi connectivity index (χ0n) is 9.66. The van der Waals surface area contributed by atoms with Crippen molar-refractivity contribution in [1.82, 2.24) is 4.57 Å². The molecule has 3 nitrogen and oxygen atoms in total. The predicted octanol–water partition coefficient (Wildman–Crippen LogP) is 1.80. The van der Waals surface area contributed by atoms with E-state index in [4.69, 9.17) is 5.11 Å². The van der Waals surface area contributed by atoms with Crippen LogP contribution in [0.1, 0.15) is 37.2 Å². The summed E-state index contributed by atoms with van der Waals surface area (Å²) in [5.74, 6) is 0. The number of aryl methyl sites for hydroxylation is 2. The van der Waals surface area contributed by atoms with Gasteiger partial charge in [-0.25, -0.2) is 0 Å². The third-order valence-corrected chi connectivity index (χ3v) is 2.76. The number of aromatic nitrogens is 1. The van der Waals surface area contributed by atoms with Crippen molar-refractivity contribution >= 4 is 0 Å². The first-order valence-corrected chi connectivity index (χ1v) is 5.40. The highest BCUT2D eigenvalue weighted by atomic mass is 16.3. The zero-order valence-corrected chi connectivity index (χ0v) is 9.66. The van der Waals surface area contributed by atoms with E-state index in [9.17, 15) is 4.79 Å². The minimum atomic E-state index is 0.0556. The molecule has 1 atom stereocenters. The second kappa shape index (κ2) is 5.12. The second-order valence-electron chi connectivity index (χ2n) is 3.92. The molecular weight excluding hydrogens is 190 g/mol. The lowest BCUT2D eigenvalue weighted by atomic mass is 10.1. The van der Waals surface area contributed by atoms with Gasteiger partial charge in [-0.3, -0.25) is 4.79 Å². The molecule has 0 saturated heterocycles. The van der Waals surface area contributed by atoms with Gasteiger partial charge in [-0.1, -0.05) is 6.92 Å². The Kier molecular flexibility index (Phi) is 4.09. The fraction of sp³-hybridized carbons (Fsp3) is 0.583. The molecule has 0 radical (unpaired) electrons. The van der Waals surface area contributed by atoms with Crippen LogP contribution in [0.4, 0.5) is 0 Å². The maximum Gasteiger partial charge on any atom is 0.182 e. The lowest BCUT2D eigenvalue weighted by Gasteiger charge is -2.23. The quantitative estimate of drug-likeness (QED) is 0.821. The lowest BCUT2D eigenvalue weighted by Crippen LogP contribution is -2.18. The van der Waals surface area contributed by atoms with Gasteiger partial charge in [-0.2, -0.15) is 0 Å². The standard InChI is InChI=1S/C12H19NO2/c1-4-11(5-6-14)13-9(2)7-12(15)8-10(13)3/h7-8,11,14H,4-6H2,1-3H3. The number of pyridine rings is 1. The molecule has 0 aliphatic heterocycles. The number of hydrogen-bond donors (Lipinski definition) is 1. The molecule has 1 heterocycles. The molecule has 1 rings (SSSR count). The van der Waals surface area contributed by atoms with Crippen LogP contribution in [-0.4, -0.2) is 16.3 Å². The Balaban J connectivity index is 3.16. The normalized spacial score (nSPS) is 12.8. The predicted molar refractivity (Wildman–Crippen MR) is 61.2 cm³/mol. The molecule has 0 aromatic carbocycles. The average molecular weight is 209 g/mol. The third kappa shape index (κ3) is 2.69. The van der Waals surface area contributed by atoms with Crippen LogP contribution in [0, 0.1) is 13.8 Å². The molecule has 0 amide bonds. The highest BCUT2D eigenvalue weighted by Crippen LogP contribution is 2.19. The highest BCUT2D eigenvalue weighted by molar-refractivity contribution is 5.13. The van der Waals surface area contributed by atoms with Crippen LogP contribution in [0.3, 0.4) is 0 Å². The molecule has 0 fully saturated rings. The van der Waals surface area contributed by atoms with E-state index in [0.29, 0.717) is 0 Å². The first kappa shape index (κ1) is 12.0. The second-order valence-corrected chi connectivity index (χ2v) is 3.92. The van der Waals surface area contributed by atoms with Gasteiger partial charge < -0.3 is 9.67 Å². The van der Waals surface area contributed by atoms with Crippen molar-refractivity contribution in [3.05, 3.63) is 33.7 Å². The molecule has 0 aliphatic carbocycles. The van der Waals surface area contributed by atoms with E-state index in [0.717, 1.165) is 24.2 Å². The molecule has 15 heavy (non-hydrogen) atoms. The van der Waals surface area contributed by atoms with Crippen molar-refractivity contribution in [2.75, 3.05) is 6.61 Å². The number of nitrogens with zero attached hydrogens (tertiary/aromatic N) is 1. The number of aliphatic hydroxyl groups is 1. The number of rotatable bonds is 4. The molecule has 1 aromatic heterocycles. The molecule has 1 unspecified atom stereocenters. The molecule has 0 bridgehead atoms. The molecule has 1 aromatic rings. The van der Waals surface area contributed by atoms with Crippen molar-refractivity contribution in [1.29, 1.82) is 0 Å². The van der Waals surface area contributed by atoms with E-state index in [1.165, 1.54) is 0 Å². The monoisotopic (exact) mass is 209 g/mol. The minimum Gasteiger partial charge on any atom is -0.396 e. The molecule has 0 aliphatic rings. The van der Waals surface area contributed by atoms with E-state index in [2.05, 4.69) is 11.5 Å². The first-order chi connectivity index (χ1) is 7.10.